The molecule has 0 aromatic carbocycles. The first-order valence-electron chi connectivity index (χ1n) is 8.80. The lowest BCUT2D eigenvalue weighted by molar-refractivity contribution is 0.315. The minimum absolute atomic E-state index is 0. The van der Waals surface area contributed by atoms with Crippen LogP contribution in [0.2, 0.25) is 0 Å². The van der Waals surface area contributed by atoms with E-state index in [1.807, 2.05) is 0 Å². The highest BCUT2D eigenvalue weighted by Gasteiger charge is 2.34. The van der Waals surface area contributed by atoms with Crippen molar-refractivity contribution >= 4 is 41.3 Å². The highest BCUT2D eigenvalue weighted by molar-refractivity contribution is 14.0. The van der Waals surface area contributed by atoms with Crippen LogP contribution >= 0.6 is 35.3 Å². The van der Waals surface area contributed by atoms with Crippen LogP contribution in [0.4, 0.5) is 0 Å². The van der Waals surface area contributed by atoms with E-state index in [2.05, 4.69) is 46.4 Å². The third-order valence-corrected chi connectivity index (χ3v) is 5.46. The number of aliphatic imine (C=N–C) groups is 1. The van der Waals surface area contributed by atoms with Crippen molar-refractivity contribution in [2.24, 2.45) is 10.9 Å². The molecule has 2 aliphatic rings. The lowest BCUT2D eigenvalue weighted by Gasteiger charge is -2.22. The van der Waals surface area contributed by atoms with E-state index in [1.54, 1.807) is 11.3 Å². The maximum atomic E-state index is 4.89. The van der Waals surface area contributed by atoms with Gasteiger partial charge in [-0.05, 0) is 45.6 Å². The highest BCUT2D eigenvalue weighted by Crippen LogP contribution is 2.31. The minimum atomic E-state index is 0. The fourth-order valence-corrected chi connectivity index (χ4v) is 3.87. The van der Waals surface area contributed by atoms with Crippen molar-refractivity contribution in [2.45, 2.75) is 45.7 Å². The predicted octanol–water partition coefficient (Wildman–Crippen LogP) is 2.95. The van der Waals surface area contributed by atoms with Gasteiger partial charge >= 0.3 is 0 Å². The molecule has 2 heterocycles. The fraction of sp³-hybridized carbons (Fsp3) is 0.765. The summed E-state index contributed by atoms with van der Waals surface area (Å²) in [5, 5.41) is 6.68. The Morgan fingerprint density at radius 3 is 2.88 bits per heavy atom. The summed E-state index contributed by atoms with van der Waals surface area (Å²) in [5.41, 5.74) is 1.13. The Kier molecular flexibility index (Phi) is 7.74. The van der Waals surface area contributed by atoms with Crippen molar-refractivity contribution in [3.63, 3.8) is 0 Å². The molecule has 1 saturated heterocycles. The van der Waals surface area contributed by atoms with E-state index in [4.69, 9.17) is 4.99 Å². The van der Waals surface area contributed by atoms with Gasteiger partial charge in [-0.2, -0.15) is 0 Å². The van der Waals surface area contributed by atoms with Gasteiger partial charge in [-0.3, -0.25) is 4.99 Å². The van der Waals surface area contributed by atoms with Crippen molar-refractivity contribution < 1.29 is 0 Å². The monoisotopic (exact) mass is 463 g/mol. The van der Waals surface area contributed by atoms with Gasteiger partial charge in [-0.25, -0.2) is 4.98 Å². The molecule has 1 saturated carbocycles. The van der Waals surface area contributed by atoms with Crippen LogP contribution in [0, 0.1) is 12.8 Å². The molecule has 1 unspecified atom stereocenters. The zero-order valence-corrected chi connectivity index (χ0v) is 18.1. The first kappa shape index (κ1) is 19.9. The second-order valence-corrected chi connectivity index (χ2v) is 7.85. The number of hydrogen-bond donors (Lipinski definition) is 1. The molecule has 2 fully saturated rings. The number of nitrogens with zero attached hydrogens (tertiary/aromatic N) is 4. The van der Waals surface area contributed by atoms with Gasteiger partial charge in [-0.1, -0.05) is 0 Å². The predicted molar refractivity (Wildman–Crippen MR) is 112 cm³/mol. The molecular weight excluding hydrogens is 433 g/mol. The van der Waals surface area contributed by atoms with Gasteiger partial charge in [0.25, 0.3) is 0 Å². The van der Waals surface area contributed by atoms with Gasteiger partial charge in [0, 0.05) is 38.1 Å². The second kappa shape index (κ2) is 9.33. The van der Waals surface area contributed by atoms with E-state index in [0.717, 1.165) is 48.3 Å². The van der Waals surface area contributed by atoms with E-state index in [-0.39, 0.29) is 24.0 Å². The minimum Gasteiger partial charge on any atom is -0.357 e. The Bertz CT molecular complexity index is 543. The Balaban J connectivity index is 0.00000208. The van der Waals surface area contributed by atoms with E-state index >= 15 is 0 Å². The maximum absolute atomic E-state index is 4.89. The smallest absolute Gasteiger partial charge is 0.194 e. The summed E-state index contributed by atoms with van der Waals surface area (Å²) in [4.78, 5) is 14.3. The first-order chi connectivity index (χ1) is 11.2. The molecule has 0 bridgehead atoms. The number of nitrogens with one attached hydrogen (secondary N) is 1. The van der Waals surface area contributed by atoms with Crippen LogP contribution < -0.4 is 5.32 Å². The molecule has 7 heteroatoms. The fourth-order valence-electron chi connectivity index (χ4n) is 3.27. The summed E-state index contributed by atoms with van der Waals surface area (Å²) in [5.74, 6) is 1.72. The molecule has 0 amide bonds. The van der Waals surface area contributed by atoms with Crippen LogP contribution in [0.3, 0.4) is 0 Å². The van der Waals surface area contributed by atoms with Crippen LogP contribution in [-0.4, -0.2) is 60.0 Å². The summed E-state index contributed by atoms with van der Waals surface area (Å²) in [6.45, 7) is 9.34. The van der Waals surface area contributed by atoms with E-state index in [9.17, 15) is 0 Å². The molecule has 1 aromatic rings. The number of guanidine groups is 1. The van der Waals surface area contributed by atoms with Gasteiger partial charge in [-0.15, -0.1) is 35.3 Å². The van der Waals surface area contributed by atoms with Crippen LogP contribution in [0.15, 0.2) is 10.4 Å². The average Bonchev–Trinajstić information content (AvgIpc) is 3.14. The molecule has 24 heavy (non-hydrogen) atoms. The molecular formula is C17H30IN5S. The first-order valence-corrected chi connectivity index (χ1v) is 9.68. The lowest BCUT2D eigenvalue weighted by Crippen LogP contribution is -2.39. The Labute approximate surface area is 166 Å². The normalized spacial score (nSPS) is 21.6. The van der Waals surface area contributed by atoms with E-state index < -0.39 is 0 Å². The number of aryl methyl sites for hydroxylation is 1. The molecule has 1 N–H and O–H groups in total. The van der Waals surface area contributed by atoms with Crippen molar-refractivity contribution in [1.29, 1.82) is 0 Å². The summed E-state index contributed by atoms with van der Waals surface area (Å²) in [6, 6.07) is 0.896. The van der Waals surface area contributed by atoms with Gasteiger partial charge in [0.15, 0.2) is 5.96 Å². The number of likely N-dealkylation sites (tertiary alicyclic amines) is 1. The molecule has 1 aliphatic heterocycles. The summed E-state index contributed by atoms with van der Waals surface area (Å²) in [6.07, 6.45) is 4.12. The van der Waals surface area contributed by atoms with Crippen molar-refractivity contribution in [3.8, 4) is 0 Å². The molecule has 1 atom stereocenters. The molecule has 0 spiro atoms. The standard InChI is InChI=1S/C17H29N5S.HI/c1-4-18-17(21(3)11-15-12-23-13(2)20-15)19-9-14-7-8-22(10-14)16-5-6-16;/h12,14,16H,4-11H2,1-3H3,(H,18,19);1H. The quantitative estimate of drug-likeness (QED) is 0.400. The Hall–Kier alpha value is -0.410. The number of aromatic nitrogens is 1. The molecule has 136 valence electrons. The summed E-state index contributed by atoms with van der Waals surface area (Å²) < 4.78 is 0. The third kappa shape index (κ3) is 5.56. The molecule has 5 nitrogen and oxygen atoms in total. The zero-order valence-electron chi connectivity index (χ0n) is 15.0. The SMILES string of the molecule is CCNC(=NCC1CCN(C2CC2)C1)N(C)Cc1csc(C)n1.I. The summed E-state index contributed by atoms with van der Waals surface area (Å²) >= 11 is 1.71. The van der Waals surface area contributed by atoms with Crippen molar-refractivity contribution in [3.05, 3.63) is 16.1 Å². The summed E-state index contributed by atoms with van der Waals surface area (Å²) in [7, 11) is 2.10. The molecule has 0 radical (unpaired) electrons. The van der Waals surface area contributed by atoms with Crippen LogP contribution in [0.25, 0.3) is 0 Å². The van der Waals surface area contributed by atoms with Gasteiger partial charge in [0.05, 0.1) is 17.2 Å². The average molecular weight is 463 g/mol. The maximum Gasteiger partial charge on any atom is 0.194 e. The molecule has 1 aliphatic carbocycles. The lowest BCUT2D eigenvalue weighted by atomic mass is 10.1. The third-order valence-electron chi connectivity index (χ3n) is 4.64. The number of halogens is 1. The van der Waals surface area contributed by atoms with Crippen LogP contribution in [0.5, 0.6) is 0 Å². The highest BCUT2D eigenvalue weighted by atomic mass is 127. The van der Waals surface area contributed by atoms with Crippen LogP contribution in [-0.2, 0) is 6.54 Å². The van der Waals surface area contributed by atoms with E-state index in [1.165, 1.54) is 32.4 Å². The molecule has 3 rings (SSSR count). The number of thiazole rings is 1. The zero-order chi connectivity index (χ0) is 16.2. The number of hydrogen-bond acceptors (Lipinski definition) is 4. The Morgan fingerprint density at radius 1 is 1.46 bits per heavy atom. The van der Waals surface area contributed by atoms with Crippen LogP contribution in [0.1, 0.15) is 36.9 Å². The molecule has 1 aromatic heterocycles. The topological polar surface area (TPSA) is 43.8 Å². The van der Waals surface area contributed by atoms with Gasteiger partial charge < -0.3 is 15.1 Å². The van der Waals surface area contributed by atoms with E-state index in [0.29, 0.717) is 0 Å². The Morgan fingerprint density at radius 2 is 2.25 bits per heavy atom. The second-order valence-electron chi connectivity index (χ2n) is 6.79. The largest absolute Gasteiger partial charge is 0.357 e. The van der Waals surface area contributed by atoms with Gasteiger partial charge in [0.2, 0.25) is 0 Å². The van der Waals surface area contributed by atoms with Crippen molar-refractivity contribution in [2.75, 3.05) is 33.2 Å². The van der Waals surface area contributed by atoms with Crippen molar-refractivity contribution in [1.82, 2.24) is 20.1 Å². The number of rotatable bonds is 6. The van der Waals surface area contributed by atoms with Gasteiger partial charge in [0.1, 0.15) is 0 Å².